The van der Waals surface area contributed by atoms with Gasteiger partial charge >= 0.3 is 0 Å². The van der Waals surface area contributed by atoms with E-state index < -0.39 is 0 Å². The van der Waals surface area contributed by atoms with E-state index in [1.54, 1.807) is 0 Å². The number of likely N-dealkylation sites (N-methyl/N-ethyl adjacent to an activating group) is 1. The van der Waals surface area contributed by atoms with Crippen molar-refractivity contribution >= 4 is 0 Å². The Labute approximate surface area is 94.6 Å². The summed E-state index contributed by atoms with van der Waals surface area (Å²) in [5.41, 5.74) is 5.62. The highest BCUT2D eigenvalue weighted by Gasteiger charge is 2.20. The molecule has 2 atom stereocenters. The lowest BCUT2D eigenvalue weighted by molar-refractivity contribution is 0.0975. The number of nitrogens with two attached hydrogens (primary N) is 1. The maximum atomic E-state index is 5.62. The van der Waals surface area contributed by atoms with E-state index in [9.17, 15) is 0 Å². The highest BCUT2D eigenvalue weighted by molar-refractivity contribution is 4.77. The van der Waals surface area contributed by atoms with Crippen LogP contribution in [0.15, 0.2) is 0 Å². The molecule has 2 N–H and O–H groups in total. The standard InChI is InChI=1S/C12H27N3/c1-11(9-13)5-4-6-15-8-7-14(3)10-12(15)2/h11-12H,4-10,13H2,1-3H3. The molecular weight excluding hydrogens is 186 g/mol. The van der Waals surface area contributed by atoms with E-state index in [0.29, 0.717) is 5.92 Å². The lowest BCUT2D eigenvalue weighted by Crippen LogP contribution is -2.50. The van der Waals surface area contributed by atoms with Crippen LogP contribution in [0.5, 0.6) is 0 Å². The summed E-state index contributed by atoms with van der Waals surface area (Å²) >= 11 is 0. The van der Waals surface area contributed by atoms with E-state index in [-0.39, 0.29) is 0 Å². The summed E-state index contributed by atoms with van der Waals surface area (Å²) in [6, 6.07) is 0.719. The molecule has 1 heterocycles. The van der Waals surface area contributed by atoms with Gasteiger partial charge < -0.3 is 10.6 Å². The Bertz CT molecular complexity index is 172. The molecule has 2 unspecified atom stereocenters. The van der Waals surface area contributed by atoms with E-state index in [1.807, 2.05) is 0 Å². The van der Waals surface area contributed by atoms with Crippen molar-refractivity contribution in [3.8, 4) is 0 Å². The van der Waals surface area contributed by atoms with Crippen molar-refractivity contribution in [1.82, 2.24) is 9.80 Å². The average Bonchev–Trinajstić information content (AvgIpc) is 2.21. The molecular formula is C12H27N3. The number of nitrogens with zero attached hydrogens (tertiary/aromatic N) is 2. The molecule has 15 heavy (non-hydrogen) atoms. The summed E-state index contributed by atoms with van der Waals surface area (Å²) < 4.78 is 0. The molecule has 0 radical (unpaired) electrons. The van der Waals surface area contributed by atoms with E-state index in [2.05, 4.69) is 30.7 Å². The van der Waals surface area contributed by atoms with Gasteiger partial charge in [-0.05, 0) is 45.8 Å². The SMILES string of the molecule is CC(CN)CCCN1CCN(C)CC1C. The normalized spacial score (nSPS) is 26.8. The van der Waals surface area contributed by atoms with Gasteiger partial charge in [0, 0.05) is 25.7 Å². The first-order valence-corrected chi connectivity index (χ1v) is 6.26. The zero-order valence-electron chi connectivity index (χ0n) is 10.6. The Morgan fingerprint density at radius 3 is 2.73 bits per heavy atom. The third kappa shape index (κ3) is 4.49. The molecule has 0 saturated carbocycles. The van der Waals surface area contributed by atoms with Gasteiger partial charge in [0.1, 0.15) is 0 Å². The third-order valence-corrected chi connectivity index (χ3v) is 3.51. The van der Waals surface area contributed by atoms with Gasteiger partial charge in [0.25, 0.3) is 0 Å². The highest BCUT2D eigenvalue weighted by Crippen LogP contribution is 2.11. The van der Waals surface area contributed by atoms with Gasteiger partial charge in [-0.25, -0.2) is 0 Å². The predicted octanol–water partition coefficient (Wildman–Crippen LogP) is 0.997. The molecule has 0 aromatic heterocycles. The minimum absolute atomic E-state index is 0.688. The van der Waals surface area contributed by atoms with Crippen LogP contribution in [0.1, 0.15) is 26.7 Å². The Morgan fingerprint density at radius 2 is 2.13 bits per heavy atom. The van der Waals surface area contributed by atoms with E-state index in [1.165, 1.54) is 39.0 Å². The fraction of sp³-hybridized carbons (Fsp3) is 1.00. The second-order valence-electron chi connectivity index (χ2n) is 5.13. The Hall–Kier alpha value is -0.120. The topological polar surface area (TPSA) is 32.5 Å². The first-order chi connectivity index (χ1) is 7.13. The van der Waals surface area contributed by atoms with Crippen molar-refractivity contribution in [3.05, 3.63) is 0 Å². The lowest BCUT2D eigenvalue weighted by atomic mass is 10.1. The first kappa shape index (κ1) is 12.9. The largest absolute Gasteiger partial charge is 0.330 e. The summed E-state index contributed by atoms with van der Waals surface area (Å²) in [5.74, 6) is 0.688. The maximum absolute atomic E-state index is 5.62. The van der Waals surface area contributed by atoms with Crippen LogP contribution in [0.2, 0.25) is 0 Å². The van der Waals surface area contributed by atoms with Crippen LogP contribution in [-0.4, -0.2) is 55.6 Å². The Kier molecular flexibility index (Phi) is 5.58. The first-order valence-electron chi connectivity index (χ1n) is 6.26. The van der Waals surface area contributed by atoms with Crippen molar-refractivity contribution in [1.29, 1.82) is 0 Å². The molecule has 0 spiro atoms. The van der Waals surface area contributed by atoms with Crippen LogP contribution in [0.3, 0.4) is 0 Å². The van der Waals surface area contributed by atoms with Gasteiger partial charge in [0.05, 0.1) is 0 Å². The number of hydrogen-bond acceptors (Lipinski definition) is 3. The van der Waals surface area contributed by atoms with Crippen molar-refractivity contribution in [2.24, 2.45) is 11.7 Å². The quantitative estimate of drug-likeness (QED) is 0.739. The maximum Gasteiger partial charge on any atom is 0.0195 e. The van der Waals surface area contributed by atoms with E-state index in [0.717, 1.165) is 12.6 Å². The monoisotopic (exact) mass is 213 g/mol. The van der Waals surface area contributed by atoms with Gasteiger partial charge in [-0.3, -0.25) is 4.90 Å². The Morgan fingerprint density at radius 1 is 1.40 bits per heavy atom. The van der Waals surface area contributed by atoms with E-state index in [4.69, 9.17) is 5.73 Å². The zero-order chi connectivity index (χ0) is 11.3. The predicted molar refractivity (Wildman–Crippen MR) is 66.0 cm³/mol. The fourth-order valence-electron chi connectivity index (χ4n) is 2.27. The molecule has 1 rings (SSSR count). The molecule has 3 nitrogen and oxygen atoms in total. The molecule has 1 fully saturated rings. The van der Waals surface area contributed by atoms with Crippen LogP contribution in [0, 0.1) is 5.92 Å². The van der Waals surface area contributed by atoms with Gasteiger partial charge in [0.15, 0.2) is 0 Å². The minimum Gasteiger partial charge on any atom is -0.330 e. The highest BCUT2D eigenvalue weighted by atomic mass is 15.3. The van der Waals surface area contributed by atoms with Crippen molar-refractivity contribution in [2.45, 2.75) is 32.7 Å². The van der Waals surface area contributed by atoms with Crippen LogP contribution in [-0.2, 0) is 0 Å². The summed E-state index contributed by atoms with van der Waals surface area (Å²) in [6.07, 6.45) is 2.57. The van der Waals surface area contributed by atoms with Gasteiger partial charge in [-0.15, -0.1) is 0 Å². The number of rotatable bonds is 5. The van der Waals surface area contributed by atoms with Gasteiger partial charge in [0.2, 0.25) is 0 Å². The Balaban J connectivity index is 2.15. The summed E-state index contributed by atoms with van der Waals surface area (Å²) in [5, 5.41) is 0. The summed E-state index contributed by atoms with van der Waals surface area (Å²) in [4.78, 5) is 5.03. The average molecular weight is 213 g/mol. The third-order valence-electron chi connectivity index (χ3n) is 3.51. The van der Waals surface area contributed by atoms with Crippen molar-refractivity contribution in [3.63, 3.8) is 0 Å². The summed E-state index contributed by atoms with van der Waals surface area (Å²) in [6.45, 7) is 10.3. The zero-order valence-corrected chi connectivity index (χ0v) is 10.6. The molecule has 0 bridgehead atoms. The molecule has 0 aromatic carbocycles. The van der Waals surface area contributed by atoms with Crippen molar-refractivity contribution < 1.29 is 0 Å². The second-order valence-corrected chi connectivity index (χ2v) is 5.13. The van der Waals surface area contributed by atoms with Crippen LogP contribution < -0.4 is 5.73 Å². The molecule has 90 valence electrons. The minimum atomic E-state index is 0.688. The lowest BCUT2D eigenvalue weighted by Gasteiger charge is -2.38. The van der Waals surface area contributed by atoms with Crippen LogP contribution in [0.4, 0.5) is 0 Å². The molecule has 0 aromatic rings. The molecule has 1 aliphatic rings. The van der Waals surface area contributed by atoms with Crippen LogP contribution >= 0.6 is 0 Å². The molecule has 0 amide bonds. The van der Waals surface area contributed by atoms with Gasteiger partial charge in [-0.2, -0.15) is 0 Å². The van der Waals surface area contributed by atoms with Crippen LogP contribution in [0.25, 0.3) is 0 Å². The van der Waals surface area contributed by atoms with E-state index >= 15 is 0 Å². The number of piperazine rings is 1. The van der Waals surface area contributed by atoms with Gasteiger partial charge in [-0.1, -0.05) is 6.92 Å². The second kappa shape index (κ2) is 6.46. The molecule has 0 aliphatic carbocycles. The fourth-order valence-corrected chi connectivity index (χ4v) is 2.27. The van der Waals surface area contributed by atoms with Crippen molar-refractivity contribution in [2.75, 3.05) is 39.8 Å². The molecule has 1 aliphatic heterocycles. The number of hydrogen-bond donors (Lipinski definition) is 1. The molecule has 3 heteroatoms. The smallest absolute Gasteiger partial charge is 0.0195 e. The molecule has 1 saturated heterocycles. The summed E-state index contributed by atoms with van der Waals surface area (Å²) in [7, 11) is 2.21.